The number of aryl methyl sites for hydroxylation is 2. The Morgan fingerprint density at radius 3 is 2.28 bits per heavy atom. The second kappa shape index (κ2) is 8.45. The van der Waals surface area contributed by atoms with Gasteiger partial charge >= 0.3 is 0 Å². The number of ketones is 1. The molecule has 3 N–H and O–H groups in total. The number of hydrogen-bond acceptors (Lipinski definition) is 3. The summed E-state index contributed by atoms with van der Waals surface area (Å²) in [7, 11) is 0. The molecule has 1 aromatic heterocycles. The van der Waals surface area contributed by atoms with Crippen molar-refractivity contribution in [1.82, 2.24) is 4.98 Å². The van der Waals surface area contributed by atoms with Crippen molar-refractivity contribution in [3.05, 3.63) is 103 Å². The van der Waals surface area contributed by atoms with Gasteiger partial charge in [-0.15, -0.1) is 0 Å². The zero-order chi connectivity index (χ0) is 21.1. The molecule has 1 atom stereocenters. The number of hydrogen-bond donors (Lipinski definition) is 2. The molecule has 3 rings (SSSR count). The quantitative estimate of drug-likeness (QED) is 0.600. The highest BCUT2D eigenvalue weighted by molar-refractivity contribution is 6.30. The van der Waals surface area contributed by atoms with Crippen LogP contribution in [0.3, 0.4) is 0 Å². The van der Waals surface area contributed by atoms with Crippen LogP contribution in [-0.4, -0.2) is 16.7 Å². The lowest BCUT2D eigenvalue weighted by Gasteiger charge is -2.20. The predicted octanol–water partition coefficient (Wildman–Crippen LogP) is 4.15. The molecule has 0 saturated carbocycles. The first-order chi connectivity index (χ1) is 13.8. The van der Waals surface area contributed by atoms with Gasteiger partial charge in [0.1, 0.15) is 0 Å². The number of pyridine rings is 1. The fourth-order valence-corrected chi connectivity index (χ4v) is 3.61. The van der Waals surface area contributed by atoms with E-state index in [4.69, 9.17) is 17.3 Å². The number of amides is 1. The minimum atomic E-state index is -0.504. The van der Waals surface area contributed by atoms with E-state index in [9.17, 15) is 14.4 Å². The maximum Gasteiger partial charge on any atom is 0.250 e. The van der Waals surface area contributed by atoms with Crippen LogP contribution in [0.15, 0.2) is 59.5 Å². The van der Waals surface area contributed by atoms with Crippen LogP contribution in [0.25, 0.3) is 0 Å². The molecule has 2 aromatic carbocycles. The molecule has 3 aromatic rings. The summed E-state index contributed by atoms with van der Waals surface area (Å²) in [5.41, 5.74) is 9.28. The Labute approximate surface area is 173 Å². The predicted molar refractivity (Wildman–Crippen MR) is 114 cm³/mol. The smallest absolute Gasteiger partial charge is 0.250 e. The van der Waals surface area contributed by atoms with Crippen LogP contribution in [-0.2, 0) is 0 Å². The number of aromatic nitrogens is 1. The van der Waals surface area contributed by atoms with Gasteiger partial charge in [0.25, 0.3) is 5.56 Å². The van der Waals surface area contributed by atoms with Crippen molar-refractivity contribution >= 4 is 23.3 Å². The van der Waals surface area contributed by atoms with E-state index in [2.05, 4.69) is 4.98 Å². The highest BCUT2D eigenvalue weighted by atomic mass is 35.5. The van der Waals surface area contributed by atoms with Crippen LogP contribution in [0.2, 0.25) is 5.02 Å². The first kappa shape index (κ1) is 20.6. The zero-order valence-corrected chi connectivity index (χ0v) is 16.9. The summed E-state index contributed by atoms with van der Waals surface area (Å²) in [5.74, 6) is -0.841. The first-order valence-corrected chi connectivity index (χ1v) is 9.52. The molecule has 0 aliphatic rings. The highest BCUT2D eigenvalue weighted by Gasteiger charge is 2.22. The van der Waals surface area contributed by atoms with Gasteiger partial charge in [-0.05, 0) is 60.9 Å². The third kappa shape index (κ3) is 4.63. The van der Waals surface area contributed by atoms with Gasteiger partial charge in [0.05, 0.1) is 0 Å². The summed E-state index contributed by atoms with van der Waals surface area (Å²) in [6.45, 7) is 3.61. The first-order valence-electron chi connectivity index (χ1n) is 9.14. The molecule has 0 radical (unpaired) electrons. The number of H-pyrrole nitrogens is 1. The maximum absolute atomic E-state index is 13.0. The van der Waals surface area contributed by atoms with Gasteiger partial charge in [-0.1, -0.05) is 29.8 Å². The molecular weight excluding hydrogens is 388 g/mol. The van der Waals surface area contributed by atoms with E-state index in [-0.39, 0.29) is 23.7 Å². The number of aromatic amines is 1. The Balaban J connectivity index is 2.02. The molecule has 5 nitrogen and oxygen atoms in total. The van der Waals surface area contributed by atoms with Crippen LogP contribution in [0.4, 0.5) is 0 Å². The van der Waals surface area contributed by atoms with Crippen molar-refractivity contribution in [3.8, 4) is 0 Å². The van der Waals surface area contributed by atoms with E-state index in [0.29, 0.717) is 21.7 Å². The number of nitrogens with two attached hydrogens (primary N) is 1. The average molecular weight is 409 g/mol. The molecule has 0 aliphatic carbocycles. The zero-order valence-electron chi connectivity index (χ0n) is 16.2. The van der Waals surface area contributed by atoms with Crippen LogP contribution >= 0.6 is 11.6 Å². The molecule has 6 heteroatoms. The highest BCUT2D eigenvalue weighted by Crippen LogP contribution is 2.33. The molecule has 1 amide bonds. The minimum absolute atomic E-state index is 0.0947. The van der Waals surface area contributed by atoms with Gasteiger partial charge in [0.2, 0.25) is 5.91 Å². The maximum atomic E-state index is 13.0. The standard InChI is InChI=1S/C23H21ClN2O3/c1-13-10-18(24)7-8-19(13)20(15-3-5-16(6-4-15)22(25)28)11-21(27)17-9-14(2)23(29)26-12-17/h3-10,12,20H,11H2,1-2H3,(H2,25,28)(H,26,29). The number of Topliss-reactive ketones (excluding diaryl/α,β-unsaturated/α-hetero) is 1. The summed E-state index contributed by atoms with van der Waals surface area (Å²) in [6.07, 6.45) is 1.64. The number of nitrogens with one attached hydrogen (secondary N) is 1. The summed E-state index contributed by atoms with van der Waals surface area (Å²) >= 11 is 6.11. The van der Waals surface area contributed by atoms with E-state index in [0.717, 1.165) is 16.7 Å². The molecule has 0 spiro atoms. The third-order valence-electron chi connectivity index (χ3n) is 5.01. The Kier molecular flexibility index (Phi) is 5.99. The second-order valence-corrected chi connectivity index (χ2v) is 7.50. The van der Waals surface area contributed by atoms with Crippen molar-refractivity contribution < 1.29 is 9.59 Å². The van der Waals surface area contributed by atoms with Crippen LogP contribution in [0.1, 0.15) is 55.3 Å². The molecular formula is C23H21ClN2O3. The SMILES string of the molecule is Cc1cc(Cl)ccc1C(CC(=O)c1c[nH]c(=O)c(C)c1)c1ccc(C(N)=O)cc1. The number of rotatable bonds is 6. The van der Waals surface area contributed by atoms with Gasteiger partial charge in [0, 0.05) is 40.2 Å². The Morgan fingerprint density at radius 1 is 1.00 bits per heavy atom. The number of benzene rings is 2. The van der Waals surface area contributed by atoms with Gasteiger partial charge < -0.3 is 10.7 Å². The Morgan fingerprint density at radius 2 is 1.69 bits per heavy atom. The molecule has 0 aliphatic heterocycles. The minimum Gasteiger partial charge on any atom is -0.366 e. The summed E-state index contributed by atoms with van der Waals surface area (Å²) in [4.78, 5) is 38.6. The van der Waals surface area contributed by atoms with E-state index in [1.54, 1.807) is 31.2 Å². The number of primary amides is 1. The third-order valence-corrected chi connectivity index (χ3v) is 5.24. The summed E-state index contributed by atoms with van der Waals surface area (Å²) < 4.78 is 0. The Bertz CT molecular complexity index is 1130. The summed E-state index contributed by atoms with van der Waals surface area (Å²) in [5, 5.41) is 0.622. The molecule has 1 heterocycles. The van der Waals surface area contributed by atoms with E-state index in [1.807, 2.05) is 31.2 Å². The lowest BCUT2D eigenvalue weighted by Crippen LogP contribution is -2.15. The lowest BCUT2D eigenvalue weighted by molar-refractivity contribution is 0.0974. The summed E-state index contributed by atoms with van der Waals surface area (Å²) in [6, 6.07) is 14.1. The monoisotopic (exact) mass is 408 g/mol. The fraction of sp³-hybridized carbons (Fsp3) is 0.174. The normalized spacial score (nSPS) is 11.8. The van der Waals surface area contributed by atoms with Crippen molar-refractivity contribution in [2.45, 2.75) is 26.2 Å². The molecule has 0 saturated heterocycles. The number of halogens is 1. The molecule has 29 heavy (non-hydrogen) atoms. The van der Waals surface area contributed by atoms with Crippen molar-refractivity contribution in [1.29, 1.82) is 0 Å². The van der Waals surface area contributed by atoms with Crippen molar-refractivity contribution in [3.63, 3.8) is 0 Å². The van der Waals surface area contributed by atoms with Crippen LogP contribution < -0.4 is 11.3 Å². The second-order valence-electron chi connectivity index (χ2n) is 7.07. The van der Waals surface area contributed by atoms with Crippen LogP contribution in [0, 0.1) is 13.8 Å². The van der Waals surface area contributed by atoms with Crippen molar-refractivity contribution in [2.24, 2.45) is 5.73 Å². The lowest BCUT2D eigenvalue weighted by atomic mass is 9.83. The van der Waals surface area contributed by atoms with E-state index >= 15 is 0 Å². The van der Waals surface area contributed by atoms with Gasteiger partial charge in [0.15, 0.2) is 5.78 Å². The molecule has 148 valence electrons. The van der Waals surface area contributed by atoms with E-state index in [1.165, 1.54) is 6.20 Å². The largest absolute Gasteiger partial charge is 0.366 e. The number of carbonyl (C=O) groups excluding carboxylic acids is 2. The topological polar surface area (TPSA) is 93.0 Å². The van der Waals surface area contributed by atoms with Crippen LogP contribution in [0.5, 0.6) is 0 Å². The van der Waals surface area contributed by atoms with Crippen molar-refractivity contribution in [2.75, 3.05) is 0 Å². The van der Waals surface area contributed by atoms with Gasteiger partial charge in [-0.25, -0.2) is 0 Å². The number of carbonyl (C=O) groups is 2. The van der Waals surface area contributed by atoms with Gasteiger partial charge in [-0.2, -0.15) is 0 Å². The van der Waals surface area contributed by atoms with Gasteiger partial charge in [-0.3, -0.25) is 14.4 Å². The Hall–Kier alpha value is -3.18. The molecule has 0 bridgehead atoms. The molecule has 1 unspecified atom stereocenters. The fourth-order valence-electron chi connectivity index (χ4n) is 3.38. The van der Waals surface area contributed by atoms with E-state index < -0.39 is 5.91 Å². The average Bonchev–Trinajstić information content (AvgIpc) is 2.68. The molecule has 0 fully saturated rings.